The van der Waals surface area contributed by atoms with E-state index < -0.39 is 11.8 Å². The highest BCUT2D eigenvalue weighted by molar-refractivity contribution is 6.32. The third-order valence-electron chi connectivity index (χ3n) is 6.29. The van der Waals surface area contributed by atoms with E-state index in [-0.39, 0.29) is 39.4 Å². The van der Waals surface area contributed by atoms with Gasteiger partial charge in [-0.1, -0.05) is 37.0 Å². The molecule has 2 aromatic heterocycles. The van der Waals surface area contributed by atoms with E-state index in [1.54, 1.807) is 19.2 Å². The third kappa shape index (κ3) is 5.71. The summed E-state index contributed by atoms with van der Waals surface area (Å²) in [6.07, 6.45) is 4.85. The molecule has 2 heterocycles. The van der Waals surface area contributed by atoms with Crippen LogP contribution in [0, 0.1) is 11.2 Å². The average Bonchev–Trinajstić information content (AvgIpc) is 3.22. The van der Waals surface area contributed by atoms with Crippen LogP contribution in [0.1, 0.15) is 45.2 Å². The maximum atomic E-state index is 14.8. The molecule has 0 bridgehead atoms. The van der Waals surface area contributed by atoms with Crippen LogP contribution in [0.25, 0.3) is 22.5 Å². The van der Waals surface area contributed by atoms with Crippen molar-refractivity contribution in [3.05, 3.63) is 46.0 Å². The smallest absolute Gasteiger partial charge is 0.330 e. The number of carbonyl (C=O) groups excluding carboxylic acids is 1. The number of aryl methyl sites for hydroxylation is 1. The number of tetrazole rings is 1. The summed E-state index contributed by atoms with van der Waals surface area (Å²) in [5, 5.41) is 26.0. The van der Waals surface area contributed by atoms with E-state index >= 15 is 0 Å². The molecule has 4 rings (SSSR count). The predicted octanol–water partition coefficient (Wildman–Crippen LogP) is 5.25. The van der Waals surface area contributed by atoms with Gasteiger partial charge in [-0.25, -0.2) is 14.2 Å². The standard InChI is InChI=1S/C23H26Cl2FN7O2/c1-23(2)6-4-15(5-7-23)33(35)22(34)28-12-19-17(25)8-13(11-27-19)16-9-14(24)10-18(26)20(16)21-29-31-32(3)30-21/h8-11,15,35H,4-7,12H2,1-3H3,(H,28,34). The normalized spacial score (nSPS) is 15.7. The minimum atomic E-state index is -0.609. The summed E-state index contributed by atoms with van der Waals surface area (Å²) in [6, 6.07) is 3.51. The summed E-state index contributed by atoms with van der Waals surface area (Å²) in [4.78, 5) is 18.0. The molecular weight excluding hydrogens is 496 g/mol. The Bertz CT molecular complexity index is 1240. The summed E-state index contributed by atoms with van der Waals surface area (Å²) < 4.78 is 14.8. The van der Waals surface area contributed by atoms with E-state index in [0.717, 1.165) is 30.7 Å². The molecule has 0 spiro atoms. The molecule has 12 heteroatoms. The van der Waals surface area contributed by atoms with Crippen LogP contribution >= 0.6 is 23.2 Å². The molecular formula is C23H26Cl2FN7O2. The number of nitrogens with one attached hydrogen (secondary N) is 1. The number of rotatable bonds is 5. The van der Waals surface area contributed by atoms with E-state index in [2.05, 4.69) is 39.6 Å². The summed E-state index contributed by atoms with van der Waals surface area (Å²) in [6.45, 7) is 4.38. The Morgan fingerprint density at radius 1 is 1.29 bits per heavy atom. The van der Waals surface area contributed by atoms with E-state index in [1.165, 1.54) is 17.1 Å². The molecule has 1 aliphatic rings. The van der Waals surface area contributed by atoms with E-state index in [1.807, 2.05) is 0 Å². The van der Waals surface area contributed by atoms with Crippen LogP contribution in [0.15, 0.2) is 24.4 Å². The number of aromatic nitrogens is 5. The van der Waals surface area contributed by atoms with Gasteiger partial charge in [0.15, 0.2) is 0 Å². The Morgan fingerprint density at radius 2 is 2.00 bits per heavy atom. The van der Waals surface area contributed by atoms with Crippen molar-refractivity contribution >= 4 is 29.2 Å². The number of carbonyl (C=O) groups is 1. The molecule has 0 saturated heterocycles. The summed E-state index contributed by atoms with van der Waals surface area (Å²) >= 11 is 12.5. The summed E-state index contributed by atoms with van der Waals surface area (Å²) in [7, 11) is 1.58. The molecule has 2 N–H and O–H groups in total. The highest BCUT2D eigenvalue weighted by Gasteiger charge is 2.32. The second-order valence-electron chi connectivity index (χ2n) is 9.46. The van der Waals surface area contributed by atoms with Crippen molar-refractivity contribution in [1.82, 2.24) is 35.6 Å². The van der Waals surface area contributed by atoms with Crippen LogP contribution in [0.5, 0.6) is 0 Å². The van der Waals surface area contributed by atoms with Crippen LogP contribution in [-0.4, -0.2) is 47.5 Å². The lowest BCUT2D eigenvalue weighted by Gasteiger charge is -2.37. The Hall–Kier alpha value is -2.82. The van der Waals surface area contributed by atoms with Gasteiger partial charge in [-0.15, -0.1) is 10.2 Å². The minimum Gasteiger partial charge on any atom is -0.330 e. The summed E-state index contributed by atoms with van der Waals surface area (Å²) in [5.41, 5.74) is 1.62. The monoisotopic (exact) mass is 521 g/mol. The number of hydrogen-bond acceptors (Lipinski definition) is 6. The molecule has 1 fully saturated rings. The number of halogens is 3. The molecule has 35 heavy (non-hydrogen) atoms. The lowest BCUT2D eigenvalue weighted by Crippen LogP contribution is -2.46. The molecule has 1 aromatic carbocycles. The van der Waals surface area contributed by atoms with Crippen LogP contribution in [0.2, 0.25) is 10.0 Å². The van der Waals surface area contributed by atoms with Gasteiger partial charge in [0.2, 0.25) is 5.82 Å². The Labute approximate surface area is 212 Å². The first-order valence-electron chi connectivity index (χ1n) is 11.2. The van der Waals surface area contributed by atoms with Crippen molar-refractivity contribution in [2.24, 2.45) is 12.5 Å². The number of urea groups is 1. The zero-order valence-electron chi connectivity index (χ0n) is 19.6. The van der Waals surface area contributed by atoms with Crippen molar-refractivity contribution in [1.29, 1.82) is 0 Å². The lowest BCUT2D eigenvalue weighted by molar-refractivity contribution is -0.0942. The van der Waals surface area contributed by atoms with Crippen molar-refractivity contribution in [2.45, 2.75) is 52.1 Å². The summed E-state index contributed by atoms with van der Waals surface area (Å²) in [5.74, 6) is -0.514. The average molecular weight is 522 g/mol. The van der Waals surface area contributed by atoms with Gasteiger partial charge in [0.25, 0.3) is 0 Å². The second kappa shape index (κ2) is 10.0. The van der Waals surface area contributed by atoms with Crippen LogP contribution in [-0.2, 0) is 13.6 Å². The Morgan fingerprint density at radius 3 is 2.63 bits per heavy atom. The molecule has 1 aliphatic carbocycles. The van der Waals surface area contributed by atoms with Gasteiger partial charge in [0.05, 0.1) is 35.9 Å². The third-order valence-corrected chi connectivity index (χ3v) is 6.83. The molecule has 0 unspecified atom stereocenters. The fourth-order valence-electron chi connectivity index (χ4n) is 4.19. The molecule has 0 radical (unpaired) electrons. The fraction of sp³-hybridized carbons (Fsp3) is 0.435. The SMILES string of the molecule is Cn1nnc(-c2c(F)cc(Cl)cc2-c2cnc(CNC(=O)N(O)C3CCC(C)(C)CC3)c(Cl)c2)n1. The maximum absolute atomic E-state index is 14.8. The second-order valence-corrected chi connectivity index (χ2v) is 10.3. The van der Waals surface area contributed by atoms with Gasteiger partial charge < -0.3 is 5.32 Å². The molecule has 186 valence electrons. The highest BCUT2D eigenvalue weighted by atomic mass is 35.5. The molecule has 1 saturated carbocycles. The number of benzene rings is 1. The molecule has 9 nitrogen and oxygen atoms in total. The highest BCUT2D eigenvalue weighted by Crippen LogP contribution is 2.37. The van der Waals surface area contributed by atoms with Gasteiger partial charge >= 0.3 is 6.03 Å². The van der Waals surface area contributed by atoms with E-state index in [9.17, 15) is 14.4 Å². The van der Waals surface area contributed by atoms with E-state index in [4.69, 9.17) is 23.2 Å². The first-order chi connectivity index (χ1) is 16.5. The zero-order valence-corrected chi connectivity index (χ0v) is 21.1. The minimum absolute atomic E-state index is 0.00962. The van der Waals surface area contributed by atoms with Crippen molar-refractivity contribution in [3.8, 4) is 22.5 Å². The quantitative estimate of drug-likeness (QED) is 0.350. The predicted molar refractivity (Wildman–Crippen MR) is 129 cm³/mol. The number of hydroxylamine groups is 2. The Balaban J connectivity index is 1.50. The maximum Gasteiger partial charge on any atom is 0.341 e. The topological polar surface area (TPSA) is 109 Å². The van der Waals surface area contributed by atoms with Gasteiger partial charge in [-0.05, 0) is 60.1 Å². The molecule has 0 aliphatic heterocycles. The largest absolute Gasteiger partial charge is 0.341 e. The van der Waals surface area contributed by atoms with E-state index in [0.29, 0.717) is 16.8 Å². The first-order valence-corrected chi connectivity index (χ1v) is 11.9. The molecule has 3 aromatic rings. The Kier molecular flexibility index (Phi) is 7.25. The lowest BCUT2D eigenvalue weighted by atomic mass is 9.75. The molecule has 0 atom stereocenters. The molecule has 2 amide bonds. The first kappa shape index (κ1) is 25.3. The fourth-order valence-corrected chi connectivity index (χ4v) is 4.63. The van der Waals surface area contributed by atoms with Crippen molar-refractivity contribution in [2.75, 3.05) is 0 Å². The van der Waals surface area contributed by atoms with Crippen LogP contribution in [0.4, 0.5) is 9.18 Å². The van der Waals surface area contributed by atoms with Gasteiger partial charge in [-0.3, -0.25) is 10.2 Å². The number of hydrogen-bond donors (Lipinski definition) is 2. The van der Waals surface area contributed by atoms with Crippen LogP contribution < -0.4 is 5.32 Å². The van der Waals surface area contributed by atoms with Crippen LogP contribution in [0.3, 0.4) is 0 Å². The number of nitrogens with zero attached hydrogens (tertiary/aromatic N) is 6. The van der Waals surface area contributed by atoms with Crippen molar-refractivity contribution in [3.63, 3.8) is 0 Å². The number of pyridine rings is 1. The van der Waals surface area contributed by atoms with Gasteiger partial charge in [0.1, 0.15) is 5.82 Å². The van der Waals surface area contributed by atoms with Gasteiger partial charge in [-0.2, -0.15) is 4.80 Å². The zero-order chi connectivity index (χ0) is 25.3. The number of amides is 2. The van der Waals surface area contributed by atoms with Gasteiger partial charge in [0, 0.05) is 16.8 Å². The van der Waals surface area contributed by atoms with Crippen molar-refractivity contribution < 1.29 is 14.4 Å².